The summed E-state index contributed by atoms with van der Waals surface area (Å²) in [7, 11) is 0. The third kappa shape index (κ3) is 2.91. The van der Waals surface area contributed by atoms with Gasteiger partial charge >= 0.3 is 11.9 Å². The highest BCUT2D eigenvalue weighted by atomic mass is 16.5. The molecule has 0 aliphatic carbocycles. The van der Waals surface area contributed by atoms with Crippen LogP contribution in [0.3, 0.4) is 0 Å². The molecule has 2 N–H and O–H groups in total. The van der Waals surface area contributed by atoms with Gasteiger partial charge in [0.15, 0.2) is 0 Å². The molecule has 0 radical (unpaired) electrons. The summed E-state index contributed by atoms with van der Waals surface area (Å²) in [6.07, 6.45) is 1.11. The Morgan fingerprint density at radius 1 is 1.39 bits per heavy atom. The Kier molecular flexibility index (Phi) is 3.84. The number of aromatic amines is 1. The van der Waals surface area contributed by atoms with Crippen molar-refractivity contribution >= 4 is 11.9 Å². The first-order chi connectivity index (χ1) is 8.14. The highest BCUT2D eigenvalue weighted by Gasteiger charge is 2.26. The number of nitrogens with one attached hydrogen (secondary N) is 1. The standard InChI is InChI=1S/C13H19NO4/c1-7-9(6-14-10(7)11(15)16)12(17)18-8(2)13(3,4)5/h6,8,14H,1-5H3,(H,15,16). The van der Waals surface area contributed by atoms with Gasteiger partial charge in [-0.3, -0.25) is 0 Å². The van der Waals surface area contributed by atoms with Gasteiger partial charge in [-0.05, 0) is 24.8 Å². The first-order valence-electron chi connectivity index (χ1n) is 5.77. The molecule has 5 heteroatoms. The molecule has 18 heavy (non-hydrogen) atoms. The monoisotopic (exact) mass is 253 g/mol. The van der Waals surface area contributed by atoms with Crippen LogP contribution in [0.15, 0.2) is 6.20 Å². The Morgan fingerprint density at radius 3 is 2.33 bits per heavy atom. The molecular weight excluding hydrogens is 234 g/mol. The van der Waals surface area contributed by atoms with Crippen molar-refractivity contribution in [1.29, 1.82) is 0 Å². The third-order valence-electron chi connectivity index (χ3n) is 3.08. The van der Waals surface area contributed by atoms with Crippen LogP contribution in [-0.2, 0) is 4.74 Å². The average Bonchev–Trinajstić information content (AvgIpc) is 2.58. The summed E-state index contributed by atoms with van der Waals surface area (Å²) >= 11 is 0. The van der Waals surface area contributed by atoms with Crippen molar-refractivity contribution in [3.05, 3.63) is 23.0 Å². The van der Waals surface area contributed by atoms with Crippen molar-refractivity contribution in [2.24, 2.45) is 5.41 Å². The van der Waals surface area contributed by atoms with Crippen LogP contribution in [-0.4, -0.2) is 28.1 Å². The van der Waals surface area contributed by atoms with E-state index < -0.39 is 11.9 Å². The molecule has 1 aromatic heterocycles. The number of hydrogen-bond acceptors (Lipinski definition) is 3. The predicted molar refractivity (Wildman–Crippen MR) is 66.8 cm³/mol. The van der Waals surface area contributed by atoms with Crippen LogP contribution >= 0.6 is 0 Å². The Morgan fingerprint density at radius 2 is 1.94 bits per heavy atom. The number of hydrogen-bond donors (Lipinski definition) is 2. The number of ether oxygens (including phenoxy) is 1. The van der Waals surface area contributed by atoms with Gasteiger partial charge in [-0.2, -0.15) is 0 Å². The quantitative estimate of drug-likeness (QED) is 0.811. The number of rotatable bonds is 3. The lowest BCUT2D eigenvalue weighted by molar-refractivity contribution is 0.00475. The molecule has 0 amide bonds. The van der Waals surface area contributed by atoms with Crippen LogP contribution in [0.25, 0.3) is 0 Å². The molecule has 1 heterocycles. The van der Waals surface area contributed by atoms with E-state index in [1.54, 1.807) is 6.92 Å². The van der Waals surface area contributed by atoms with Gasteiger partial charge in [0.25, 0.3) is 0 Å². The molecule has 0 saturated carbocycles. The second-order valence-electron chi connectivity index (χ2n) is 5.42. The minimum Gasteiger partial charge on any atom is -0.477 e. The van der Waals surface area contributed by atoms with Crippen molar-refractivity contribution in [3.8, 4) is 0 Å². The van der Waals surface area contributed by atoms with Gasteiger partial charge < -0.3 is 14.8 Å². The molecule has 0 aromatic carbocycles. The summed E-state index contributed by atoms with van der Waals surface area (Å²) < 4.78 is 5.32. The summed E-state index contributed by atoms with van der Waals surface area (Å²) in [6, 6.07) is 0. The van der Waals surface area contributed by atoms with E-state index in [-0.39, 0.29) is 22.8 Å². The molecule has 0 bridgehead atoms. The zero-order chi connectivity index (χ0) is 14.1. The normalized spacial score (nSPS) is 13.2. The number of aromatic carboxylic acids is 1. The van der Waals surface area contributed by atoms with Crippen molar-refractivity contribution in [1.82, 2.24) is 4.98 Å². The lowest BCUT2D eigenvalue weighted by Crippen LogP contribution is -2.28. The molecule has 1 atom stereocenters. The van der Waals surface area contributed by atoms with E-state index in [4.69, 9.17) is 9.84 Å². The number of H-pyrrole nitrogens is 1. The Labute approximate surface area is 106 Å². The summed E-state index contributed by atoms with van der Waals surface area (Å²) in [6.45, 7) is 9.31. The molecule has 1 unspecified atom stereocenters. The molecule has 0 saturated heterocycles. The van der Waals surface area contributed by atoms with Gasteiger partial charge in [-0.1, -0.05) is 20.8 Å². The second-order valence-corrected chi connectivity index (χ2v) is 5.42. The van der Waals surface area contributed by atoms with Crippen LogP contribution in [0.2, 0.25) is 0 Å². The highest BCUT2D eigenvalue weighted by molar-refractivity contribution is 5.96. The molecule has 100 valence electrons. The minimum absolute atomic E-state index is 0.0189. The summed E-state index contributed by atoms with van der Waals surface area (Å²) in [4.78, 5) is 25.3. The Hall–Kier alpha value is -1.78. The predicted octanol–water partition coefficient (Wildman–Crippen LogP) is 2.61. The molecule has 1 rings (SSSR count). The van der Waals surface area contributed by atoms with E-state index in [1.165, 1.54) is 6.20 Å². The number of carbonyl (C=O) groups is 2. The van der Waals surface area contributed by atoms with Crippen LogP contribution < -0.4 is 0 Å². The number of esters is 1. The highest BCUT2D eigenvalue weighted by Crippen LogP contribution is 2.23. The largest absolute Gasteiger partial charge is 0.477 e. The van der Waals surface area contributed by atoms with Crippen molar-refractivity contribution in [3.63, 3.8) is 0 Å². The topological polar surface area (TPSA) is 79.4 Å². The molecule has 0 fully saturated rings. The maximum Gasteiger partial charge on any atom is 0.352 e. The van der Waals surface area contributed by atoms with Gasteiger partial charge in [0, 0.05) is 6.20 Å². The number of carbonyl (C=O) groups excluding carboxylic acids is 1. The number of carboxylic acids is 1. The molecule has 1 aromatic rings. The Balaban J connectivity index is 2.89. The van der Waals surface area contributed by atoms with Crippen LogP contribution in [0.1, 0.15) is 54.1 Å². The second kappa shape index (κ2) is 4.84. The maximum absolute atomic E-state index is 11.9. The van der Waals surface area contributed by atoms with Crippen molar-refractivity contribution < 1.29 is 19.4 Å². The molecular formula is C13H19NO4. The average molecular weight is 253 g/mol. The van der Waals surface area contributed by atoms with E-state index in [9.17, 15) is 9.59 Å². The van der Waals surface area contributed by atoms with Gasteiger partial charge in [0.1, 0.15) is 11.8 Å². The lowest BCUT2D eigenvalue weighted by atomic mass is 9.90. The van der Waals surface area contributed by atoms with Crippen LogP contribution in [0, 0.1) is 12.3 Å². The number of carboxylic acid groups (broad SMARTS) is 1. The van der Waals surface area contributed by atoms with Crippen molar-refractivity contribution in [2.45, 2.75) is 40.7 Å². The van der Waals surface area contributed by atoms with E-state index in [1.807, 2.05) is 27.7 Å². The molecule has 5 nitrogen and oxygen atoms in total. The fourth-order valence-corrected chi connectivity index (χ4v) is 1.33. The molecule has 0 aliphatic rings. The fourth-order valence-electron chi connectivity index (χ4n) is 1.33. The smallest absolute Gasteiger partial charge is 0.352 e. The zero-order valence-corrected chi connectivity index (χ0v) is 11.3. The van der Waals surface area contributed by atoms with Gasteiger partial charge in [0.05, 0.1) is 5.56 Å². The summed E-state index contributed by atoms with van der Waals surface area (Å²) in [5.74, 6) is -1.59. The van der Waals surface area contributed by atoms with Crippen molar-refractivity contribution in [2.75, 3.05) is 0 Å². The van der Waals surface area contributed by atoms with E-state index in [2.05, 4.69) is 4.98 Å². The summed E-state index contributed by atoms with van der Waals surface area (Å²) in [5, 5.41) is 8.89. The van der Waals surface area contributed by atoms with E-state index in [0.29, 0.717) is 5.56 Å². The molecule has 0 spiro atoms. The van der Waals surface area contributed by atoms with E-state index >= 15 is 0 Å². The molecule has 0 aliphatic heterocycles. The van der Waals surface area contributed by atoms with Gasteiger partial charge in [-0.15, -0.1) is 0 Å². The van der Waals surface area contributed by atoms with Crippen LogP contribution in [0.4, 0.5) is 0 Å². The van der Waals surface area contributed by atoms with Crippen LogP contribution in [0.5, 0.6) is 0 Å². The van der Waals surface area contributed by atoms with Gasteiger partial charge in [0.2, 0.25) is 0 Å². The Bertz CT molecular complexity index is 468. The lowest BCUT2D eigenvalue weighted by Gasteiger charge is -2.26. The third-order valence-corrected chi connectivity index (χ3v) is 3.08. The SMILES string of the molecule is Cc1c(C(=O)OC(C)C(C)(C)C)c[nH]c1C(=O)O. The zero-order valence-electron chi connectivity index (χ0n) is 11.3. The number of aromatic nitrogens is 1. The minimum atomic E-state index is -1.09. The fraction of sp³-hybridized carbons (Fsp3) is 0.538. The first kappa shape index (κ1) is 14.3. The van der Waals surface area contributed by atoms with E-state index in [0.717, 1.165) is 0 Å². The van der Waals surface area contributed by atoms with Gasteiger partial charge in [-0.25, -0.2) is 9.59 Å². The first-order valence-corrected chi connectivity index (χ1v) is 5.77. The maximum atomic E-state index is 11.9. The summed E-state index contributed by atoms with van der Waals surface area (Å²) in [5.41, 5.74) is 0.526.